The minimum atomic E-state index is 0.825. The molecule has 1 aromatic heterocycles. The molecule has 0 saturated heterocycles. The van der Waals surface area contributed by atoms with Crippen molar-refractivity contribution in [1.29, 1.82) is 0 Å². The van der Waals surface area contributed by atoms with E-state index < -0.39 is 0 Å². The van der Waals surface area contributed by atoms with E-state index in [2.05, 4.69) is 17.3 Å². The molecule has 0 amide bonds. The van der Waals surface area contributed by atoms with Gasteiger partial charge in [0.15, 0.2) is 0 Å². The standard InChI is InChI=1S/C12H23N3O/c1-3-16-11-5-4-7-13-9-10-15-12(2)6-8-14-15/h6,8,13H,3-5,7,9-11H2,1-2H3. The van der Waals surface area contributed by atoms with Crippen LogP contribution in [0.1, 0.15) is 25.5 Å². The largest absolute Gasteiger partial charge is 0.382 e. The highest BCUT2D eigenvalue weighted by atomic mass is 16.5. The van der Waals surface area contributed by atoms with Crippen LogP contribution in [0.3, 0.4) is 0 Å². The van der Waals surface area contributed by atoms with Crippen molar-refractivity contribution in [2.75, 3.05) is 26.3 Å². The van der Waals surface area contributed by atoms with Gasteiger partial charge in [-0.05, 0) is 39.3 Å². The number of hydrogen-bond acceptors (Lipinski definition) is 3. The van der Waals surface area contributed by atoms with E-state index in [9.17, 15) is 0 Å². The first-order valence-electron chi connectivity index (χ1n) is 6.11. The Balaban J connectivity index is 1.91. The van der Waals surface area contributed by atoms with Gasteiger partial charge in [0.1, 0.15) is 0 Å². The summed E-state index contributed by atoms with van der Waals surface area (Å²) in [4.78, 5) is 0. The molecule has 0 fully saturated rings. The van der Waals surface area contributed by atoms with Crippen molar-refractivity contribution in [3.8, 4) is 0 Å². The van der Waals surface area contributed by atoms with Crippen LogP contribution >= 0.6 is 0 Å². The van der Waals surface area contributed by atoms with E-state index in [1.54, 1.807) is 0 Å². The Morgan fingerprint density at radius 2 is 2.25 bits per heavy atom. The molecule has 1 heterocycles. The zero-order valence-electron chi connectivity index (χ0n) is 10.4. The molecule has 4 heteroatoms. The molecule has 0 radical (unpaired) electrons. The third-order valence-corrected chi connectivity index (χ3v) is 2.53. The molecule has 1 aromatic rings. The van der Waals surface area contributed by atoms with Gasteiger partial charge in [-0.3, -0.25) is 4.68 Å². The Labute approximate surface area is 98.0 Å². The SMILES string of the molecule is CCOCCCCNCCn1nccc1C. The van der Waals surface area contributed by atoms with Crippen LogP contribution in [-0.2, 0) is 11.3 Å². The van der Waals surface area contributed by atoms with Crippen molar-refractivity contribution in [3.05, 3.63) is 18.0 Å². The zero-order chi connectivity index (χ0) is 11.6. The second-order valence-electron chi connectivity index (χ2n) is 3.85. The number of hydrogen-bond donors (Lipinski definition) is 1. The van der Waals surface area contributed by atoms with Crippen molar-refractivity contribution in [2.24, 2.45) is 0 Å². The van der Waals surface area contributed by atoms with E-state index in [4.69, 9.17) is 4.74 Å². The molecule has 0 aliphatic carbocycles. The third kappa shape index (κ3) is 5.28. The van der Waals surface area contributed by atoms with Crippen LogP contribution in [0.4, 0.5) is 0 Å². The van der Waals surface area contributed by atoms with Gasteiger partial charge in [-0.15, -0.1) is 0 Å². The van der Waals surface area contributed by atoms with Crippen LogP contribution in [-0.4, -0.2) is 36.1 Å². The highest BCUT2D eigenvalue weighted by Gasteiger charge is 1.95. The molecule has 1 N–H and O–H groups in total. The fraction of sp³-hybridized carbons (Fsp3) is 0.750. The number of aromatic nitrogens is 2. The summed E-state index contributed by atoms with van der Waals surface area (Å²) in [5.41, 5.74) is 1.22. The van der Waals surface area contributed by atoms with Crippen molar-refractivity contribution in [2.45, 2.75) is 33.2 Å². The van der Waals surface area contributed by atoms with Crippen molar-refractivity contribution in [3.63, 3.8) is 0 Å². The van der Waals surface area contributed by atoms with Gasteiger partial charge < -0.3 is 10.1 Å². The summed E-state index contributed by atoms with van der Waals surface area (Å²) < 4.78 is 7.29. The molecule has 0 saturated carbocycles. The second kappa shape index (κ2) is 8.30. The van der Waals surface area contributed by atoms with Gasteiger partial charge in [0.25, 0.3) is 0 Å². The monoisotopic (exact) mass is 225 g/mol. The third-order valence-electron chi connectivity index (χ3n) is 2.53. The van der Waals surface area contributed by atoms with Crippen LogP contribution in [0.15, 0.2) is 12.3 Å². The lowest BCUT2D eigenvalue weighted by Crippen LogP contribution is -2.22. The summed E-state index contributed by atoms with van der Waals surface area (Å²) in [6, 6.07) is 2.03. The van der Waals surface area contributed by atoms with Gasteiger partial charge in [0.2, 0.25) is 0 Å². The summed E-state index contributed by atoms with van der Waals surface area (Å²) in [7, 11) is 0. The van der Waals surface area contributed by atoms with E-state index in [0.29, 0.717) is 0 Å². The van der Waals surface area contributed by atoms with Gasteiger partial charge in [0, 0.05) is 31.6 Å². The quantitative estimate of drug-likeness (QED) is 0.649. The van der Waals surface area contributed by atoms with E-state index >= 15 is 0 Å². The Bertz CT molecular complexity index is 273. The van der Waals surface area contributed by atoms with Gasteiger partial charge >= 0.3 is 0 Å². The molecule has 1 rings (SSSR count). The fourth-order valence-corrected chi connectivity index (χ4v) is 1.54. The molecule has 92 valence electrons. The van der Waals surface area contributed by atoms with Crippen molar-refractivity contribution < 1.29 is 4.74 Å². The molecule has 0 aliphatic rings. The summed E-state index contributed by atoms with van der Waals surface area (Å²) in [6.45, 7) is 8.82. The zero-order valence-corrected chi connectivity index (χ0v) is 10.4. The summed E-state index contributed by atoms with van der Waals surface area (Å²) in [6.07, 6.45) is 4.16. The van der Waals surface area contributed by atoms with Crippen molar-refractivity contribution in [1.82, 2.24) is 15.1 Å². The van der Waals surface area contributed by atoms with Crippen LogP contribution in [0.5, 0.6) is 0 Å². The van der Waals surface area contributed by atoms with Crippen LogP contribution in [0.2, 0.25) is 0 Å². The molecule has 0 bridgehead atoms. The minimum Gasteiger partial charge on any atom is -0.382 e. The van der Waals surface area contributed by atoms with Crippen molar-refractivity contribution >= 4 is 0 Å². The molecule has 0 aromatic carbocycles. The fourth-order valence-electron chi connectivity index (χ4n) is 1.54. The lowest BCUT2D eigenvalue weighted by Gasteiger charge is -2.06. The predicted molar refractivity (Wildman–Crippen MR) is 65.6 cm³/mol. The second-order valence-corrected chi connectivity index (χ2v) is 3.85. The Kier molecular flexibility index (Phi) is 6.85. The highest BCUT2D eigenvalue weighted by molar-refractivity contribution is 4.96. The Morgan fingerprint density at radius 1 is 1.38 bits per heavy atom. The molecular formula is C12H23N3O. The maximum atomic E-state index is 5.27. The number of aryl methyl sites for hydroxylation is 1. The average Bonchev–Trinajstić information content (AvgIpc) is 2.68. The molecule has 0 unspecified atom stereocenters. The highest BCUT2D eigenvalue weighted by Crippen LogP contribution is 1.94. The van der Waals surface area contributed by atoms with E-state index in [1.807, 2.05) is 23.9 Å². The Morgan fingerprint density at radius 3 is 2.94 bits per heavy atom. The van der Waals surface area contributed by atoms with Gasteiger partial charge in [-0.25, -0.2) is 0 Å². The molecular weight excluding hydrogens is 202 g/mol. The smallest absolute Gasteiger partial charge is 0.0537 e. The van der Waals surface area contributed by atoms with E-state index in [-0.39, 0.29) is 0 Å². The predicted octanol–water partition coefficient (Wildman–Crippen LogP) is 1.60. The van der Waals surface area contributed by atoms with E-state index in [1.165, 1.54) is 12.1 Å². The first kappa shape index (κ1) is 13.2. The normalized spacial score (nSPS) is 10.9. The van der Waals surface area contributed by atoms with Gasteiger partial charge in [0.05, 0.1) is 6.54 Å². The number of nitrogens with one attached hydrogen (secondary N) is 1. The molecule has 16 heavy (non-hydrogen) atoms. The minimum absolute atomic E-state index is 0.825. The molecule has 4 nitrogen and oxygen atoms in total. The lowest BCUT2D eigenvalue weighted by molar-refractivity contribution is 0.143. The average molecular weight is 225 g/mol. The summed E-state index contributed by atoms with van der Waals surface area (Å²) in [5, 5.41) is 7.64. The maximum absolute atomic E-state index is 5.27. The first-order chi connectivity index (χ1) is 7.84. The molecule has 0 spiro atoms. The van der Waals surface area contributed by atoms with Crippen LogP contribution in [0.25, 0.3) is 0 Å². The lowest BCUT2D eigenvalue weighted by atomic mass is 10.3. The van der Waals surface area contributed by atoms with Crippen LogP contribution < -0.4 is 5.32 Å². The topological polar surface area (TPSA) is 39.1 Å². The number of ether oxygens (including phenoxy) is 1. The molecule has 0 aliphatic heterocycles. The van der Waals surface area contributed by atoms with E-state index in [0.717, 1.165) is 39.3 Å². The molecule has 0 atom stereocenters. The van der Waals surface area contributed by atoms with Crippen LogP contribution in [0, 0.1) is 6.92 Å². The number of nitrogens with zero attached hydrogens (tertiary/aromatic N) is 2. The summed E-state index contributed by atoms with van der Waals surface area (Å²) >= 11 is 0. The first-order valence-corrected chi connectivity index (χ1v) is 6.11. The summed E-state index contributed by atoms with van der Waals surface area (Å²) in [5.74, 6) is 0. The number of unbranched alkanes of at least 4 members (excludes halogenated alkanes) is 1. The van der Waals surface area contributed by atoms with Gasteiger partial charge in [-0.2, -0.15) is 5.10 Å². The van der Waals surface area contributed by atoms with Gasteiger partial charge in [-0.1, -0.05) is 0 Å². The number of rotatable bonds is 9. The Hall–Kier alpha value is -0.870. The maximum Gasteiger partial charge on any atom is 0.0537 e.